The van der Waals surface area contributed by atoms with Gasteiger partial charge in [0, 0.05) is 11.8 Å². The van der Waals surface area contributed by atoms with E-state index >= 15 is 0 Å². The number of amides is 2. The monoisotopic (exact) mass is 419 g/mol. The summed E-state index contributed by atoms with van der Waals surface area (Å²) in [5, 5.41) is 6.46. The Labute approximate surface area is 159 Å². The molecule has 2 amide bonds. The van der Waals surface area contributed by atoms with E-state index in [0.29, 0.717) is 17.2 Å². The van der Waals surface area contributed by atoms with Gasteiger partial charge in [0.15, 0.2) is 0 Å². The zero-order valence-electron chi connectivity index (χ0n) is 14.3. The maximum atomic E-state index is 11.9. The first-order valence-corrected chi connectivity index (χ1v) is 8.40. The van der Waals surface area contributed by atoms with Crippen molar-refractivity contribution >= 4 is 39.6 Å². The van der Waals surface area contributed by atoms with Crippen LogP contribution in [0.25, 0.3) is 0 Å². The van der Waals surface area contributed by atoms with E-state index in [1.165, 1.54) is 13.3 Å². The van der Waals surface area contributed by atoms with Gasteiger partial charge in [-0.2, -0.15) is 5.10 Å². The number of nitrogens with one attached hydrogen (secondary N) is 2. The van der Waals surface area contributed by atoms with Crippen LogP contribution >= 0.6 is 15.9 Å². The number of methoxy groups -OCH3 is 2. The molecule has 8 heteroatoms. The van der Waals surface area contributed by atoms with Crippen LogP contribution < -0.4 is 20.2 Å². The Hall–Kier alpha value is -2.87. The summed E-state index contributed by atoms with van der Waals surface area (Å²) in [5.74, 6) is 0.343. The first kappa shape index (κ1) is 19.5. The van der Waals surface area contributed by atoms with Gasteiger partial charge >= 0.3 is 0 Å². The molecule has 7 nitrogen and oxygen atoms in total. The Morgan fingerprint density at radius 1 is 1.12 bits per heavy atom. The van der Waals surface area contributed by atoms with Gasteiger partial charge in [-0.1, -0.05) is 6.07 Å². The van der Waals surface area contributed by atoms with Crippen molar-refractivity contribution < 1.29 is 19.1 Å². The van der Waals surface area contributed by atoms with Gasteiger partial charge in [0.25, 0.3) is 0 Å². The lowest BCUT2D eigenvalue weighted by atomic mass is 10.2. The summed E-state index contributed by atoms with van der Waals surface area (Å²) in [6.07, 6.45) is 1.13. The minimum Gasteiger partial charge on any atom is -0.497 e. The Kier molecular flexibility index (Phi) is 7.16. The molecule has 2 rings (SSSR count). The Balaban J connectivity index is 1.84. The van der Waals surface area contributed by atoms with Crippen LogP contribution in [0.1, 0.15) is 12.0 Å². The number of rotatable bonds is 7. The molecular formula is C18H18BrN3O4. The second kappa shape index (κ2) is 9.57. The average molecular weight is 420 g/mol. The minimum atomic E-state index is -0.519. The third kappa shape index (κ3) is 5.89. The molecule has 0 unspecified atom stereocenters. The maximum Gasteiger partial charge on any atom is 0.249 e. The third-order valence-electron chi connectivity index (χ3n) is 3.25. The summed E-state index contributed by atoms with van der Waals surface area (Å²) in [7, 11) is 3.11. The topological polar surface area (TPSA) is 89.0 Å². The van der Waals surface area contributed by atoms with Crippen molar-refractivity contribution in [3.63, 3.8) is 0 Å². The van der Waals surface area contributed by atoms with E-state index in [1.54, 1.807) is 49.6 Å². The van der Waals surface area contributed by atoms with Gasteiger partial charge in [0.2, 0.25) is 11.8 Å². The van der Waals surface area contributed by atoms with Crippen molar-refractivity contribution in [3.8, 4) is 11.5 Å². The lowest BCUT2D eigenvalue weighted by Crippen LogP contribution is -2.24. The van der Waals surface area contributed by atoms with E-state index < -0.39 is 11.8 Å². The summed E-state index contributed by atoms with van der Waals surface area (Å²) in [6.45, 7) is 0. The zero-order chi connectivity index (χ0) is 18.9. The number of carbonyl (C=O) groups excluding carboxylic acids is 2. The number of benzene rings is 2. The van der Waals surface area contributed by atoms with Crippen LogP contribution in [0.2, 0.25) is 0 Å². The number of hydrogen-bond donors (Lipinski definition) is 2. The van der Waals surface area contributed by atoms with Crippen molar-refractivity contribution in [3.05, 3.63) is 52.5 Å². The van der Waals surface area contributed by atoms with E-state index in [2.05, 4.69) is 31.8 Å². The fourth-order valence-corrected chi connectivity index (χ4v) is 2.59. The van der Waals surface area contributed by atoms with Crippen LogP contribution in [0.4, 0.5) is 5.69 Å². The number of ether oxygens (including phenoxy) is 2. The Bertz CT molecular complexity index is 824. The molecule has 0 saturated heterocycles. The highest BCUT2D eigenvalue weighted by Gasteiger charge is 2.09. The molecule has 0 fully saturated rings. The molecule has 0 aliphatic carbocycles. The Morgan fingerprint density at radius 2 is 1.92 bits per heavy atom. The normalized spacial score (nSPS) is 10.4. The van der Waals surface area contributed by atoms with Crippen molar-refractivity contribution in [1.82, 2.24) is 5.43 Å². The highest BCUT2D eigenvalue weighted by molar-refractivity contribution is 9.10. The molecule has 2 aromatic rings. The van der Waals surface area contributed by atoms with Gasteiger partial charge in [0.1, 0.15) is 17.9 Å². The molecule has 0 radical (unpaired) electrons. The molecule has 0 heterocycles. The van der Waals surface area contributed by atoms with Gasteiger partial charge in [0.05, 0.1) is 24.9 Å². The highest BCUT2D eigenvalue weighted by atomic mass is 79.9. The number of hydrazone groups is 1. The van der Waals surface area contributed by atoms with Crippen LogP contribution in [0.15, 0.2) is 52.0 Å². The standard InChI is InChI=1S/C18H18BrN3O4/c1-25-14-5-3-4-13(9-14)21-17(23)10-18(24)22-20-11-12-6-7-16(26-2)15(19)8-12/h3-9,11H,10H2,1-2H3,(H,21,23)(H,22,24). The molecule has 2 aromatic carbocycles. The molecule has 0 saturated carbocycles. The number of hydrogen-bond acceptors (Lipinski definition) is 5. The fraction of sp³-hybridized carbons (Fsp3) is 0.167. The second-order valence-electron chi connectivity index (χ2n) is 5.14. The second-order valence-corrected chi connectivity index (χ2v) is 6.00. The van der Waals surface area contributed by atoms with Crippen LogP contribution in [0.5, 0.6) is 11.5 Å². The molecule has 0 aliphatic heterocycles. The molecule has 0 aromatic heterocycles. The molecule has 0 spiro atoms. The Morgan fingerprint density at radius 3 is 2.62 bits per heavy atom. The van der Waals surface area contributed by atoms with Gasteiger partial charge in [-0.3, -0.25) is 9.59 Å². The minimum absolute atomic E-state index is 0.346. The molecule has 136 valence electrons. The summed E-state index contributed by atoms with van der Waals surface area (Å²) in [5.41, 5.74) is 3.63. The van der Waals surface area contributed by atoms with E-state index in [9.17, 15) is 9.59 Å². The van der Waals surface area contributed by atoms with Crippen LogP contribution in [0, 0.1) is 0 Å². The van der Waals surface area contributed by atoms with Crippen molar-refractivity contribution in [2.45, 2.75) is 6.42 Å². The predicted molar refractivity (Wildman–Crippen MR) is 103 cm³/mol. The molecule has 26 heavy (non-hydrogen) atoms. The first-order chi connectivity index (χ1) is 12.5. The van der Waals surface area contributed by atoms with Crippen LogP contribution in [0.3, 0.4) is 0 Å². The van der Waals surface area contributed by atoms with Gasteiger partial charge in [-0.25, -0.2) is 5.43 Å². The average Bonchev–Trinajstić information content (AvgIpc) is 2.62. The van der Waals surface area contributed by atoms with Gasteiger partial charge in [-0.05, 0) is 51.8 Å². The number of anilines is 1. The van der Waals surface area contributed by atoms with Crippen LogP contribution in [-0.2, 0) is 9.59 Å². The lowest BCUT2D eigenvalue weighted by Gasteiger charge is -2.06. The number of halogens is 1. The SMILES string of the molecule is COc1cccc(NC(=O)CC(=O)NN=Cc2ccc(OC)c(Br)c2)c1. The van der Waals surface area contributed by atoms with Crippen molar-refractivity contribution in [2.24, 2.45) is 5.10 Å². The van der Waals surface area contributed by atoms with E-state index in [4.69, 9.17) is 9.47 Å². The molecular weight excluding hydrogens is 402 g/mol. The van der Waals surface area contributed by atoms with E-state index in [-0.39, 0.29) is 6.42 Å². The number of carbonyl (C=O) groups is 2. The summed E-state index contributed by atoms with van der Waals surface area (Å²) in [4.78, 5) is 23.7. The van der Waals surface area contributed by atoms with Gasteiger partial charge < -0.3 is 14.8 Å². The smallest absolute Gasteiger partial charge is 0.249 e. The fourth-order valence-electron chi connectivity index (χ4n) is 2.03. The largest absolute Gasteiger partial charge is 0.497 e. The highest BCUT2D eigenvalue weighted by Crippen LogP contribution is 2.24. The van der Waals surface area contributed by atoms with Crippen molar-refractivity contribution in [2.75, 3.05) is 19.5 Å². The molecule has 0 bridgehead atoms. The van der Waals surface area contributed by atoms with E-state index in [0.717, 1.165) is 10.0 Å². The zero-order valence-corrected chi connectivity index (χ0v) is 15.9. The first-order valence-electron chi connectivity index (χ1n) is 7.61. The lowest BCUT2D eigenvalue weighted by molar-refractivity contribution is -0.126. The van der Waals surface area contributed by atoms with Gasteiger partial charge in [-0.15, -0.1) is 0 Å². The molecule has 0 atom stereocenters. The summed E-state index contributed by atoms with van der Waals surface area (Å²) < 4.78 is 11.0. The molecule has 2 N–H and O–H groups in total. The summed E-state index contributed by atoms with van der Waals surface area (Å²) in [6, 6.07) is 12.2. The van der Waals surface area contributed by atoms with Crippen molar-refractivity contribution in [1.29, 1.82) is 0 Å². The van der Waals surface area contributed by atoms with E-state index in [1.807, 2.05) is 0 Å². The third-order valence-corrected chi connectivity index (χ3v) is 3.87. The summed E-state index contributed by atoms with van der Waals surface area (Å²) >= 11 is 3.37. The molecule has 0 aliphatic rings. The maximum absolute atomic E-state index is 11.9. The van der Waals surface area contributed by atoms with Crippen LogP contribution in [-0.4, -0.2) is 32.2 Å². The quantitative estimate of drug-likeness (QED) is 0.410. The number of nitrogens with zero attached hydrogens (tertiary/aromatic N) is 1. The predicted octanol–water partition coefficient (Wildman–Crippen LogP) is 2.95.